The van der Waals surface area contributed by atoms with Crippen molar-refractivity contribution in [3.8, 4) is 0 Å². The number of unbranched alkanes of at least 4 members (excludes halogenated alkanes) is 1. The molecule has 0 aliphatic carbocycles. The summed E-state index contributed by atoms with van der Waals surface area (Å²) in [6, 6.07) is -0.340. The van der Waals surface area contributed by atoms with Crippen molar-refractivity contribution < 1.29 is 39.0 Å². The highest BCUT2D eigenvalue weighted by Crippen LogP contribution is 2.41. The number of ether oxygens (including phenoxy) is 2. The van der Waals surface area contributed by atoms with Gasteiger partial charge in [0.15, 0.2) is 0 Å². The molecule has 190 valence electrons. The third-order valence-corrected chi connectivity index (χ3v) is 6.30. The zero-order valence-corrected chi connectivity index (χ0v) is 20.9. The summed E-state index contributed by atoms with van der Waals surface area (Å²) < 4.78 is 11.0. The fraction of sp³-hybridized carbons (Fsp3) is 0.857. The number of halogens is 1. The van der Waals surface area contributed by atoms with Gasteiger partial charge < -0.3 is 29.5 Å². The second-order valence-corrected chi connectivity index (χ2v) is 10.2. The van der Waals surface area contributed by atoms with Crippen LogP contribution < -0.4 is 5.32 Å². The maximum atomic E-state index is 12.9. The number of fused-ring (bicyclic) bond motifs is 1. The maximum Gasteiger partial charge on any atom is 0.451 e. The number of aliphatic carboxylic acids is 1. The number of carbonyl (C=O) groups is 3. The number of carbonyl (C=O) groups excluding carboxylic acids is 2. The van der Waals surface area contributed by atoms with Crippen molar-refractivity contribution in [2.75, 3.05) is 13.1 Å². The minimum atomic E-state index is -1.40. The van der Waals surface area contributed by atoms with Crippen LogP contribution >= 0.6 is 12.4 Å². The number of hydrogen-bond donors (Lipinski definition) is 4. The Kier molecular flexibility index (Phi) is 10.5. The Bertz CT molecular complexity index is 702. The number of nitrogens with one attached hydrogen (secondary N) is 1. The van der Waals surface area contributed by atoms with Crippen LogP contribution in [0.25, 0.3) is 0 Å². The molecule has 0 spiro atoms. The van der Waals surface area contributed by atoms with E-state index in [-0.39, 0.29) is 36.6 Å². The van der Waals surface area contributed by atoms with Gasteiger partial charge in [-0.1, -0.05) is 26.7 Å². The maximum absolute atomic E-state index is 12.9. The Morgan fingerprint density at radius 3 is 2.33 bits per heavy atom. The summed E-state index contributed by atoms with van der Waals surface area (Å²) in [5, 5.41) is 31.1. The molecule has 0 aromatic carbocycles. The molecule has 2 fully saturated rings. The van der Waals surface area contributed by atoms with Crippen molar-refractivity contribution in [2.45, 2.75) is 84.5 Å². The van der Waals surface area contributed by atoms with Crippen molar-refractivity contribution in [3.63, 3.8) is 0 Å². The molecule has 0 aromatic heterocycles. The molecule has 1 unspecified atom stereocenters. The van der Waals surface area contributed by atoms with E-state index in [0.717, 1.165) is 0 Å². The molecule has 0 saturated carbocycles. The van der Waals surface area contributed by atoms with Gasteiger partial charge in [0.25, 0.3) is 6.29 Å². The summed E-state index contributed by atoms with van der Waals surface area (Å²) in [6.45, 7) is 9.41. The molecule has 10 nitrogen and oxygen atoms in total. The Hall–Kier alpha value is -1.56. The molecule has 0 radical (unpaired) electrons. The number of carboxylic acids is 1. The topological polar surface area (TPSA) is 146 Å². The lowest BCUT2D eigenvalue weighted by molar-refractivity contribution is -0.185. The van der Waals surface area contributed by atoms with Crippen LogP contribution in [0.4, 0.5) is 4.79 Å². The van der Waals surface area contributed by atoms with E-state index in [2.05, 4.69) is 5.32 Å². The van der Waals surface area contributed by atoms with Crippen LogP contribution in [-0.2, 0) is 19.1 Å². The minimum Gasteiger partial charge on any atom is -0.480 e. The lowest BCUT2D eigenvalue weighted by Gasteiger charge is -2.31. The van der Waals surface area contributed by atoms with Crippen LogP contribution in [0.3, 0.4) is 0 Å². The first-order chi connectivity index (χ1) is 14.8. The van der Waals surface area contributed by atoms with E-state index in [1.165, 1.54) is 4.90 Å². The SMILES string of the molecule is CC(C)C(OC(=O)N1CC[C@H]2[C@@H]1CN[C@@]2(CCCCB(O)O)C(=O)O)OC(=O)C(C)(C)C.Cl. The first-order valence-electron chi connectivity index (χ1n) is 11.3. The van der Waals surface area contributed by atoms with Crippen LogP contribution in [0.2, 0.25) is 6.32 Å². The summed E-state index contributed by atoms with van der Waals surface area (Å²) in [6.07, 6.45) is 0.384. The largest absolute Gasteiger partial charge is 0.480 e. The molecule has 12 heteroatoms. The standard InChI is InChI=1S/C21H37BN2O8.ClH/c1-13(2)16(31-18(27)20(3,4)5)32-19(28)24-11-8-14-15(24)12-23-21(14,17(25)26)9-6-7-10-22(29)30;/h13-16,23,29-30H,6-12H2,1-5H3,(H,25,26);1H/t14-,15-,16?,21+;/m0./s1. The van der Waals surface area contributed by atoms with Crippen molar-refractivity contribution >= 4 is 37.6 Å². The summed E-state index contributed by atoms with van der Waals surface area (Å²) in [7, 11) is -1.40. The highest BCUT2D eigenvalue weighted by Gasteiger charge is 2.58. The number of hydrogen-bond acceptors (Lipinski definition) is 8. The minimum absolute atomic E-state index is 0. The van der Waals surface area contributed by atoms with Crippen molar-refractivity contribution in [1.82, 2.24) is 10.2 Å². The summed E-state index contributed by atoms with van der Waals surface area (Å²) in [5.41, 5.74) is -1.91. The van der Waals surface area contributed by atoms with Crippen LogP contribution in [0, 0.1) is 17.3 Å². The predicted octanol–water partition coefficient (Wildman–Crippen LogP) is 1.88. The van der Waals surface area contributed by atoms with Gasteiger partial charge in [-0.2, -0.15) is 0 Å². The zero-order chi connectivity index (χ0) is 24.3. The lowest BCUT2D eigenvalue weighted by Crippen LogP contribution is -2.52. The fourth-order valence-electron chi connectivity index (χ4n) is 4.42. The quantitative estimate of drug-likeness (QED) is 0.164. The van der Waals surface area contributed by atoms with Gasteiger partial charge in [0, 0.05) is 24.9 Å². The average Bonchev–Trinajstić information content (AvgIpc) is 3.24. The number of likely N-dealkylation sites (tertiary alicyclic amines) is 1. The number of nitrogens with zero attached hydrogens (tertiary/aromatic N) is 1. The number of rotatable bonds is 9. The molecule has 2 heterocycles. The second kappa shape index (κ2) is 11.7. The molecular formula is C21H38BClN2O8. The third-order valence-electron chi connectivity index (χ3n) is 6.30. The molecule has 2 saturated heterocycles. The first-order valence-corrected chi connectivity index (χ1v) is 11.3. The molecule has 0 aromatic rings. The van der Waals surface area contributed by atoms with Gasteiger partial charge in [0.2, 0.25) is 0 Å². The van der Waals surface area contributed by atoms with Crippen molar-refractivity contribution in [2.24, 2.45) is 17.3 Å². The van der Waals surface area contributed by atoms with E-state index in [4.69, 9.17) is 19.5 Å². The van der Waals surface area contributed by atoms with Crippen LogP contribution in [-0.4, -0.2) is 76.2 Å². The molecule has 33 heavy (non-hydrogen) atoms. The van der Waals surface area contributed by atoms with Gasteiger partial charge in [0.1, 0.15) is 5.54 Å². The Morgan fingerprint density at radius 1 is 1.18 bits per heavy atom. The number of amides is 1. The average molecular weight is 493 g/mol. The van der Waals surface area contributed by atoms with Gasteiger partial charge in [-0.3, -0.25) is 14.9 Å². The highest BCUT2D eigenvalue weighted by atomic mass is 35.5. The molecule has 2 aliphatic rings. The molecule has 4 N–H and O–H groups in total. The predicted molar refractivity (Wildman–Crippen MR) is 124 cm³/mol. The monoisotopic (exact) mass is 492 g/mol. The van der Waals surface area contributed by atoms with E-state index in [1.54, 1.807) is 34.6 Å². The lowest BCUT2D eigenvalue weighted by atomic mass is 9.77. The van der Waals surface area contributed by atoms with Gasteiger partial charge >= 0.3 is 25.2 Å². The van der Waals surface area contributed by atoms with E-state index in [1.807, 2.05) is 0 Å². The second-order valence-electron chi connectivity index (χ2n) is 10.2. The molecule has 4 atom stereocenters. The molecule has 0 bridgehead atoms. The number of carboxylic acid groups (broad SMARTS) is 1. The molecule has 1 amide bonds. The van der Waals surface area contributed by atoms with Crippen molar-refractivity contribution in [1.29, 1.82) is 0 Å². The Labute approximate surface area is 201 Å². The smallest absolute Gasteiger partial charge is 0.451 e. The third kappa shape index (κ3) is 6.97. The highest BCUT2D eigenvalue weighted by molar-refractivity contribution is 6.40. The molecule has 2 rings (SSSR count). The van der Waals surface area contributed by atoms with Gasteiger partial charge in [-0.05, 0) is 39.9 Å². The number of esters is 1. The van der Waals surface area contributed by atoms with Gasteiger partial charge in [-0.25, -0.2) is 4.79 Å². The Balaban J connectivity index is 0.00000544. The summed E-state index contributed by atoms with van der Waals surface area (Å²) in [5.74, 6) is -1.97. The first kappa shape index (κ1) is 29.5. The van der Waals surface area contributed by atoms with Crippen LogP contribution in [0.15, 0.2) is 0 Å². The van der Waals surface area contributed by atoms with E-state index in [0.29, 0.717) is 38.8 Å². The van der Waals surface area contributed by atoms with Gasteiger partial charge in [-0.15, -0.1) is 12.4 Å². The zero-order valence-electron chi connectivity index (χ0n) is 20.1. The van der Waals surface area contributed by atoms with E-state index >= 15 is 0 Å². The molecule has 2 aliphatic heterocycles. The summed E-state index contributed by atoms with van der Waals surface area (Å²) >= 11 is 0. The van der Waals surface area contributed by atoms with Crippen LogP contribution in [0.5, 0.6) is 0 Å². The van der Waals surface area contributed by atoms with E-state index in [9.17, 15) is 19.5 Å². The van der Waals surface area contributed by atoms with E-state index < -0.39 is 42.4 Å². The van der Waals surface area contributed by atoms with Crippen molar-refractivity contribution in [3.05, 3.63) is 0 Å². The fourth-order valence-corrected chi connectivity index (χ4v) is 4.42. The van der Waals surface area contributed by atoms with Crippen LogP contribution in [0.1, 0.15) is 60.3 Å². The summed E-state index contributed by atoms with van der Waals surface area (Å²) in [4.78, 5) is 38.9. The molecular weight excluding hydrogens is 455 g/mol. The normalized spacial score (nSPS) is 25.3. The Morgan fingerprint density at radius 2 is 1.82 bits per heavy atom. The van der Waals surface area contributed by atoms with Gasteiger partial charge in [0.05, 0.1) is 11.5 Å².